The number of aliphatic imine (C=N–C) groups is 1. The van der Waals surface area contributed by atoms with Gasteiger partial charge in [0.1, 0.15) is 6.61 Å². The maximum absolute atomic E-state index is 6.03. The molecule has 0 aromatic heterocycles. The summed E-state index contributed by atoms with van der Waals surface area (Å²) in [7, 11) is 0. The predicted octanol–water partition coefficient (Wildman–Crippen LogP) is 4.61. The minimum absolute atomic E-state index is 0.221. The highest BCUT2D eigenvalue weighted by Gasteiger charge is 2.42. The van der Waals surface area contributed by atoms with Crippen molar-refractivity contribution in [2.24, 2.45) is 15.8 Å². The third kappa shape index (κ3) is 3.02. The van der Waals surface area contributed by atoms with Gasteiger partial charge in [-0.2, -0.15) is 0 Å². The maximum atomic E-state index is 6.03. The fourth-order valence-electron chi connectivity index (χ4n) is 2.92. The highest BCUT2D eigenvalue weighted by molar-refractivity contribution is 14.1. The van der Waals surface area contributed by atoms with Crippen LogP contribution in [0.1, 0.15) is 59.3 Å². The number of ether oxygens (including phenoxy) is 1. The first kappa shape index (κ1) is 14.6. The number of rotatable bonds is 2. The average Bonchev–Trinajstić information content (AvgIpc) is 2.70. The zero-order chi connectivity index (χ0) is 13.2. The molecule has 1 aliphatic heterocycles. The summed E-state index contributed by atoms with van der Waals surface area (Å²) in [5, 5.41) is 0. The molecule has 1 heterocycles. The van der Waals surface area contributed by atoms with E-state index in [4.69, 9.17) is 9.73 Å². The number of halogens is 1. The Morgan fingerprint density at radius 3 is 2.28 bits per heavy atom. The van der Waals surface area contributed by atoms with Gasteiger partial charge in [-0.25, -0.2) is 4.99 Å². The van der Waals surface area contributed by atoms with Crippen LogP contribution in [-0.4, -0.2) is 23.0 Å². The largest absolute Gasteiger partial charge is 0.478 e. The van der Waals surface area contributed by atoms with Gasteiger partial charge in [-0.05, 0) is 18.3 Å². The molecule has 18 heavy (non-hydrogen) atoms. The number of alkyl halides is 1. The summed E-state index contributed by atoms with van der Waals surface area (Å²) < 4.78 is 7.18. The van der Waals surface area contributed by atoms with Crippen molar-refractivity contribution in [1.82, 2.24) is 0 Å². The summed E-state index contributed by atoms with van der Waals surface area (Å²) in [6, 6.07) is 0.343. The van der Waals surface area contributed by atoms with E-state index < -0.39 is 0 Å². The second-order valence-electron chi connectivity index (χ2n) is 6.96. The summed E-state index contributed by atoms with van der Waals surface area (Å²) in [4.78, 5) is 4.96. The summed E-state index contributed by atoms with van der Waals surface area (Å²) in [5.74, 6) is 1.08. The van der Waals surface area contributed by atoms with Gasteiger partial charge in [0.2, 0.25) is 0 Å². The van der Waals surface area contributed by atoms with Crippen molar-refractivity contribution in [3.05, 3.63) is 0 Å². The summed E-state index contributed by atoms with van der Waals surface area (Å²) in [6.45, 7) is 7.57. The van der Waals surface area contributed by atoms with Crippen LogP contribution in [0.3, 0.4) is 0 Å². The van der Waals surface area contributed by atoms with Crippen molar-refractivity contribution < 1.29 is 4.74 Å². The molecule has 104 valence electrons. The van der Waals surface area contributed by atoms with Crippen molar-refractivity contribution in [3.63, 3.8) is 0 Å². The van der Waals surface area contributed by atoms with Gasteiger partial charge in [0.05, 0.1) is 11.5 Å². The third-order valence-corrected chi connectivity index (χ3v) is 5.88. The van der Waals surface area contributed by atoms with E-state index >= 15 is 0 Å². The fourth-order valence-corrected chi connectivity index (χ4v) is 4.01. The van der Waals surface area contributed by atoms with E-state index in [0.29, 0.717) is 6.04 Å². The molecule has 0 saturated heterocycles. The van der Waals surface area contributed by atoms with Crippen molar-refractivity contribution in [1.29, 1.82) is 0 Å². The molecular weight excluding hydrogens is 337 g/mol. The topological polar surface area (TPSA) is 21.6 Å². The van der Waals surface area contributed by atoms with Gasteiger partial charge >= 0.3 is 0 Å². The Balaban J connectivity index is 2.18. The van der Waals surface area contributed by atoms with E-state index in [-0.39, 0.29) is 10.8 Å². The predicted molar refractivity (Wildman–Crippen MR) is 85.7 cm³/mol. The first-order chi connectivity index (χ1) is 8.48. The molecule has 1 fully saturated rings. The van der Waals surface area contributed by atoms with Crippen LogP contribution in [0.25, 0.3) is 0 Å². The SMILES string of the molecule is CC(C)(C)[C@H]1COC(C2(CI)CCCCCC2)=N1. The van der Waals surface area contributed by atoms with Crippen LogP contribution in [0.2, 0.25) is 0 Å². The van der Waals surface area contributed by atoms with Crippen LogP contribution >= 0.6 is 22.6 Å². The molecule has 1 saturated carbocycles. The Morgan fingerprint density at radius 1 is 1.22 bits per heavy atom. The fraction of sp³-hybridized carbons (Fsp3) is 0.933. The quantitative estimate of drug-likeness (QED) is 0.399. The molecule has 1 aliphatic carbocycles. The Labute approximate surface area is 125 Å². The molecule has 0 spiro atoms. The molecule has 2 nitrogen and oxygen atoms in total. The minimum atomic E-state index is 0.221. The summed E-state index contributed by atoms with van der Waals surface area (Å²) >= 11 is 2.53. The van der Waals surface area contributed by atoms with Gasteiger partial charge in [-0.15, -0.1) is 0 Å². The van der Waals surface area contributed by atoms with E-state index in [2.05, 4.69) is 43.4 Å². The highest BCUT2D eigenvalue weighted by atomic mass is 127. The van der Waals surface area contributed by atoms with Gasteiger partial charge in [0.15, 0.2) is 5.90 Å². The molecule has 0 amide bonds. The Kier molecular flexibility index (Phi) is 4.61. The number of hydrogen-bond acceptors (Lipinski definition) is 2. The zero-order valence-electron chi connectivity index (χ0n) is 12.0. The van der Waals surface area contributed by atoms with E-state index in [1.807, 2.05) is 0 Å². The Hall–Kier alpha value is 0.200. The lowest BCUT2D eigenvalue weighted by Gasteiger charge is -2.29. The van der Waals surface area contributed by atoms with Crippen LogP contribution in [0, 0.1) is 10.8 Å². The van der Waals surface area contributed by atoms with Crippen LogP contribution in [0.4, 0.5) is 0 Å². The van der Waals surface area contributed by atoms with Crippen molar-refractivity contribution in [3.8, 4) is 0 Å². The van der Waals surface area contributed by atoms with Crippen molar-refractivity contribution >= 4 is 28.5 Å². The maximum Gasteiger partial charge on any atom is 0.190 e. The van der Waals surface area contributed by atoms with Gasteiger partial charge in [0, 0.05) is 4.43 Å². The minimum Gasteiger partial charge on any atom is -0.478 e. The number of nitrogens with zero attached hydrogens (tertiary/aromatic N) is 1. The normalized spacial score (nSPS) is 28.4. The average molecular weight is 363 g/mol. The molecule has 0 bridgehead atoms. The summed E-state index contributed by atoms with van der Waals surface area (Å²) in [5.41, 5.74) is 0.468. The Morgan fingerprint density at radius 2 is 1.83 bits per heavy atom. The van der Waals surface area contributed by atoms with Crippen LogP contribution in [-0.2, 0) is 4.74 Å². The zero-order valence-corrected chi connectivity index (χ0v) is 14.1. The standard InChI is InChI=1S/C15H26INO/c1-14(2,3)12-10-18-13(17-12)15(11-16)8-6-4-5-7-9-15/h12H,4-11H2,1-3H3/t12-/m1/s1. The lowest BCUT2D eigenvalue weighted by molar-refractivity contribution is 0.215. The molecule has 1 atom stereocenters. The lowest BCUT2D eigenvalue weighted by atomic mass is 9.82. The molecule has 2 rings (SSSR count). The van der Waals surface area contributed by atoms with E-state index in [0.717, 1.165) is 16.9 Å². The molecule has 0 aromatic rings. The van der Waals surface area contributed by atoms with Crippen molar-refractivity contribution in [2.75, 3.05) is 11.0 Å². The van der Waals surface area contributed by atoms with E-state index in [9.17, 15) is 0 Å². The smallest absolute Gasteiger partial charge is 0.190 e. The van der Waals surface area contributed by atoms with Gasteiger partial charge in [0.25, 0.3) is 0 Å². The molecule has 0 N–H and O–H groups in total. The molecular formula is C15H26INO. The Bertz CT molecular complexity index is 311. The molecule has 3 heteroatoms. The van der Waals surface area contributed by atoms with E-state index in [1.54, 1.807) is 0 Å². The van der Waals surface area contributed by atoms with E-state index in [1.165, 1.54) is 38.5 Å². The first-order valence-corrected chi connectivity index (χ1v) is 8.78. The third-order valence-electron chi connectivity index (χ3n) is 4.42. The highest BCUT2D eigenvalue weighted by Crippen LogP contribution is 2.41. The second kappa shape index (κ2) is 5.68. The van der Waals surface area contributed by atoms with Crippen LogP contribution in [0.5, 0.6) is 0 Å². The van der Waals surface area contributed by atoms with Crippen LogP contribution in [0.15, 0.2) is 4.99 Å². The number of hydrogen-bond donors (Lipinski definition) is 0. The molecule has 0 aromatic carbocycles. The molecule has 2 aliphatic rings. The summed E-state index contributed by atoms with van der Waals surface area (Å²) in [6.07, 6.45) is 7.98. The van der Waals surface area contributed by atoms with Gasteiger partial charge in [-0.1, -0.05) is 69.0 Å². The van der Waals surface area contributed by atoms with Crippen LogP contribution < -0.4 is 0 Å². The molecule has 0 unspecified atom stereocenters. The van der Waals surface area contributed by atoms with Gasteiger partial charge < -0.3 is 4.74 Å². The first-order valence-electron chi connectivity index (χ1n) is 7.25. The van der Waals surface area contributed by atoms with Crippen molar-refractivity contribution in [2.45, 2.75) is 65.3 Å². The lowest BCUT2D eigenvalue weighted by Crippen LogP contribution is -2.32. The van der Waals surface area contributed by atoms with Gasteiger partial charge in [-0.3, -0.25) is 0 Å². The molecule has 0 radical (unpaired) electrons. The second-order valence-corrected chi connectivity index (χ2v) is 7.72. The monoisotopic (exact) mass is 363 g/mol.